The van der Waals surface area contributed by atoms with Gasteiger partial charge in [0.05, 0.1) is 12.2 Å². The zero-order valence-corrected chi connectivity index (χ0v) is 21.0. The van der Waals surface area contributed by atoms with Crippen LogP contribution in [0.1, 0.15) is 60.3 Å². The van der Waals surface area contributed by atoms with Gasteiger partial charge in [0.15, 0.2) is 16.6 Å². The average molecular weight is 401 g/mol. The van der Waals surface area contributed by atoms with Crippen LogP contribution in [0.5, 0.6) is 0 Å². The Hall–Kier alpha value is -0.236. The summed E-state index contributed by atoms with van der Waals surface area (Å²) in [4.78, 5) is 10.7. The third kappa shape index (κ3) is 10.8. The number of aldehydes is 1. The van der Waals surface area contributed by atoms with Crippen LogP contribution in [0.4, 0.5) is 0 Å². The summed E-state index contributed by atoms with van der Waals surface area (Å²) in [7, 11) is -3.44. The Morgan fingerprint density at radius 2 is 1.54 bits per heavy atom. The third-order valence-electron chi connectivity index (χ3n) is 5.11. The van der Waals surface area contributed by atoms with E-state index in [2.05, 4.69) is 72.6 Å². The summed E-state index contributed by atoms with van der Waals surface area (Å²) in [5, 5.41) is 0.204. The lowest BCUT2D eigenvalue weighted by Gasteiger charge is -2.41. The van der Waals surface area contributed by atoms with Gasteiger partial charge in [-0.15, -0.1) is 0 Å². The van der Waals surface area contributed by atoms with Gasteiger partial charge < -0.3 is 13.6 Å². The second-order valence-electron chi connectivity index (χ2n) is 10.1. The van der Waals surface area contributed by atoms with Crippen molar-refractivity contribution in [2.75, 3.05) is 0 Å². The molecule has 0 saturated carbocycles. The van der Waals surface area contributed by atoms with E-state index in [0.29, 0.717) is 0 Å². The van der Waals surface area contributed by atoms with Gasteiger partial charge in [0, 0.05) is 5.92 Å². The predicted octanol–water partition coefficient (Wildman–Crippen LogP) is 6.57. The number of hydrogen-bond acceptors (Lipinski definition) is 3. The van der Waals surface area contributed by atoms with Gasteiger partial charge >= 0.3 is 0 Å². The first-order valence-corrected chi connectivity index (χ1v) is 16.5. The van der Waals surface area contributed by atoms with Crippen molar-refractivity contribution in [3.8, 4) is 0 Å². The zero-order valence-electron chi connectivity index (χ0n) is 19.0. The van der Waals surface area contributed by atoms with Crippen LogP contribution in [0.3, 0.4) is 0 Å². The quantitative estimate of drug-likeness (QED) is 0.161. The third-order valence-corrected chi connectivity index (χ3v) is 10.7. The van der Waals surface area contributed by atoms with Crippen molar-refractivity contribution in [2.24, 2.45) is 5.92 Å². The van der Waals surface area contributed by atoms with Crippen LogP contribution in [0.15, 0.2) is 12.2 Å². The topological polar surface area (TPSA) is 35.5 Å². The zero-order chi connectivity index (χ0) is 20.6. The minimum atomic E-state index is -1.80. The van der Waals surface area contributed by atoms with Crippen molar-refractivity contribution in [2.45, 2.75) is 110 Å². The summed E-state index contributed by atoms with van der Waals surface area (Å²) in [5.41, 5.74) is 0. The van der Waals surface area contributed by atoms with Gasteiger partial charge in [-0.25, -0.2) is 0 Å². The first kappa shape index (κ1) is 25.8. The van der Waals surface area contributed by atoms with E-state index in [-0.39, 0.29) is 23.2 Å². The van der Waals surface area contributed by atoms with E-state index in [4.69, 9.17) is 8.85 Å². The van der Waals surface area contributed by atoms with Crippen LogP contribution in [-0.2, 0) is 13.6 Å². The van der Waals surface area contributed by atoms with Gasteiger partial charge in [-0.05, 0) is 70.4 Å². The lowest BCUT2D eigenvalue weighted by atomic mass is 10.1. The van der Waals surface area contributed by atoms with Crippen molar-refractivity contribution in [1.29, 1.82) is 0 Å². The minimum absolute atomic E-state index is 0.0994. The minimum Gasteiger partial charge on any atom is -0.412 e. The Kier molecular flexibility index (Phi) is 10.8. The highest BCUT2D eigenvalue weighted by atomic mass is 28.4. The smallest absolute Gasteiger partial charge is 0.192 e. The summed E-state index contributed by atoms with van der Waals surface area (Å²) in [5.74, 6) is 0.171. The Morgan fingerprint density at radius 3 is 2.00 bits per heavy atom. The molecule has 0 radical (unpaired) electrons. The molecular formula is C21H44O3Si2. The van der Waals surface area contributed by atoms with Gasteiger partial charge in [0.2, 0.25) is 0 Å². The molecule has 3 nitrogen and oxygen atoms in total. The van der Waals surface area contributed by atoms with E-state index < -0.39 is 16.6 Å². The molecule has 0 aliphatic rings. The Bertz CT molecular complexity index is 434. The van der Waals surface area contributed by atoms with Crippen molar-refractivity contribution >= 4 is 22.9 Å². The predicted molar refractivity (Wildman–Crippen MR) is 119 cm³/mol. The van der Waals surface area contributed by atoms with Crippen LogP contribution in [0.25, 0.3) is 0 Å². The highest BCUT2D eigenvalue weighted by Gasteiger charge is 2.40. The second-order valence-corrected chi connectivity index (χ2v) is 19.3. The summed E-state index contributed by atoms with van der Waals surface area (Å²) in [6, 6.07) is 0. The average Bonchev–Trinajstić information content (AvgIpc) is 2.46. The lowest BCUT2D eigenvalue weighted by Crippen LogP contribution is -2.48. The van der Waals surface area contributed by atoms with E-state index in [9.17, 15) is 4.79 Å². The van der Waals surface area contributed by atoms with Crippen LogP contribution >= 0.6 is 0 Å². The molecule has 0 aromatic carbocycles. The maximum absolute atomic E-state index is 10.7. The standard InChI is InChI=1S/C21H44O3Si2/c1-18(17-22)15-13-11-12-14-16-20(24-25(6,7)8)19(2)23-26(9,10)21(3,4)5/h12,14,17-20H,11,13,15-16H2,1-10H3/b14-12-/t18-,19-,20-/m0/s1. The van der Waals surface area contributed by atoms with Crippen molar-refractivity contribution in [3.05, 3.63) is 12.2 Å². The molecule has 0 N–H and O–H groups in total. The fraction of sp³-hybridized carbons (Fsp3) is 0.857. The molecule has 0 aromatic rings. The summed E-state index contributed by atoms with van der Waals surface area (Å²) in [6.45, 7) is 22.3. The van der Waals surface area contributed by atoms with Crippen molar-refractivity contribution in [3.63, 3.8) is 0 Å². The van der Waals surface area contributed by atoms with Crippen LogP contribution in [0.2, 0.25) is 37.8 Å². The molecule has 154 valence electrons. The Balaban J connectivity index is 4.78. The first-order valence-electron chi connectivity index (χ1n) is 10.2. The van der Waals surface area contributed by atoms with Crippen molar-refractivity contribution < 1.29 is 13.6 Å². The fourth-order valence-corrected chi connectivity index (χ4v) is 5.11. The molecule has 0 heterocycles. The summed E-state index contributed by atoms with van der Waals surface area (Å²) in [6.07, 6.45) is 9.67. The molecule has 0 unspecified atom stereocenters. The number of hydrogen-bond donors (Lipinski definition) is 0. The summed E-state index contributed by atoms with van der Waals surface area (Å²) < 4.78 is 13.1. The lowest BCUT2D eigenvalue weighted by molar-refractivity contribution is -0.110. The molecule has 26 heavy (non-hydrogen) atoms. The molecule has 0 rings (SSSR count). The summed E-state index contributed by atoms with van der Waals surface area (Å²) >= 11 is 0. The van der Waals surface area contributed by atoms with E-state index >= 15 is 0 Å². The van der Waals surface area contributed by atoms with Gasteiger partial charge in [0.25, 0.3) is 0 Å². The number of carbonyl (C=O) groups excluding carboxylic acids is 1. The molecular weight excluding hydrogens is 356 g/mol. The monoisotopic (exact) mass is 400 g/mol. The van der Waals surface area contributed by atoms with Crippen LogP contribution < -0.4 is 0 Å². The Labute approximate surface area is 165 Å². The molecule has 3 atom stereocenters. The molecule has 0 aliphatic carbocycles. The maximum Gasteiger partial charge on any atom is 0.192 e. The molecule has 0 aromatic heterocycles. The SMILES string of the molecule is C[C@H](C=O)CCC/C=C\C[C@H](O[Si](C)(C)C)[C@H](C)O[Si](C)(C)C(C)(C)C. The van der Waals surface area contributed by atoms with Crippen LogP contribution in [0, 0.1) is 5.92 Å². The van der Waals surface area contributed by atoms with E-state index in [0.717, 1.165) is 32.0 Å². The van der Waals surface area contributed by atoms with Gasteiger partial charge in [0.1, 0.15) is 6.29 Å². The maximum atomic E-state index is 10.7. The van der Waals surface area contributed by atoms with Gasteiger partial charge in [-0.3, -0.25) is 0 Å². The molecule has 0 spiro atoms. The molecule has 0 fully saturated rings. The number of allylic oxidation sites excluding steroid dienone is 1. The molecule has 5 heteroatoms. The van der Waals surface area contributed by atoms with Crippen molar-refractivity contribution in [1.82, 2.24) is 0 Å². The van der Waals surface area contributed by atoms with Crippen LogP contribution in [-0.4, -0.2) is 35.1 Å². The highest BCUT2D eigenvalue weighted by Crippen LogP contribution is 2.38. The molecule has 0 amide bonds. The number of unbranched alkanes of at least 4 members (excludes halogenated alkanes) is 1. The first-order chi connectivity index (χ1) is 11.7. The molecule has 0 saturated heterocycles. The second kappa shape index (κ2) is 10.9. The van der Waals surface area contributed by atoms with E-state index in [1.807, 2.05) is 6.92 Å². The fourth-order valence-electron chi connectivity index (χ4n) is 2.48. The normalized spacial score (nSPS) is 17.3. The number of carbonyl (C=O) groups is 1. The largest absolute Gasteiger partial charge is 0.412 e. The molecule has 0 aliphatic heterocycles. The van der Waals surface area contributed by atoms with E-state index in [1.54, 1.807) is 0 Å². The number of rotatable bonds is 12. The molecule has 0 bridgehead atoms. The van der Waals surface area contributed by atoms with Gasteiger partial charge in [-0.1, -0.05) is 39.8 Å². The highest BCUT2D eigenvalue weighted by molar-refractivity contribution is 6.74. The van der Waals surface area contributed by atoms with E-state index in [1.165, 1.54) is 0 Å². The van der Waals surface area contributed by atoms with Gasteiger partial charge in [-0.2, -0.15) is 0 Å². The Morgan fingerprint density at radius 1 is 0.962 bits per heavy atom.